The summed E-state index contributed by atoms with van der Waals surface area (Å²) in [5, 5.41) is 15.2. The summed E-state index contributed by atoms with van der Waals surface area (Å²) < 4.78 is 3.78. The van der Waals surface area contributed by atoms with E-state index in [0.717, 1.165) is 23.8 Å². The molecular weight excluding hydrogens is 441 g/mol. The molecule has 2 aromatic heterocycles. The fraction of sp³-hybridized carbons (Fsp3) is 0.278. The van der Waals surface area contributed by atoms with Crippen LogP contribution in [-0.2, 0) is 26.7 Å². The molecule has 8 heteroatoms. The summed E-state index contributed by atoms with van der Waals surface area (Å²) >= 11 is 0. The molecular formula is C18H24IN7. The molecule has 0 aliphatic carbocycles. The van der Waals surface area contributed by atoms with Crippen molar-refractivity contribution in [3.63, 3.8) is 0 Å². The molecule has 0 saturated heterocycles. The van der Waals surface area contributed by atoms with Crippen LogP contribution in [0.4, 0.5) is 0 Å². The molecule has 0 aliphatic heterocycles. The number of nitrogens with one attached hydrogen (secondary N) is 2. The van der Waals surface area contributed by atoms with Gasteiger partial charge in [0.2, 0.25) is 0 Å². The molecule has 0 amide bonds. The van der Waals surface area contributed by atoms with Gasteiger partial charge in [-0.25, -0.2) is 0 Å². The second kappa shape index (κ2) is 9.95. The molecule has 0 unspecified atom stereocenters. The number of halogens is 1. The molecule has 0 radical (unpaired) electrons. The highest BCUT2D eigenvalue weighted by atomic mass is 127. The Bertz CT molecular complexity index is 823. The molecule has 0 spiro atoms. The van der Waals surface area contributed by atoms with Crippen LogP contribution in [-0.4, -0.2) is 32.6 Å². The van der Waals surface area contributed by atoms with E-state index in [1.807, 2.05) is 53.1 Å². The predicted molar refractivity (Wildman–Crippen MR) is 113 cm³/mol. The van der Waals surface area contributed by atoms with E-state index < -0.39 is 0 Å². The van der Waals surface area contributed by atoms with Crippen LogP contribution < -0.4 is 10.6 Å². The first-order valence-corrected chi connectivity index (χ1v) is 8.21. The van der Waals surface area contributed by atoms with E-state index in [1.54, 1.807) is 13.2 Å². The lowest BCUT2D eigenvalue weighted by atomic mass is 10.2. The zero-order valence-electron chi connectivity index (χ0n) is 15.0. The lowest BCUT2D eigenvalue weighted by Gasteiger charge is -2.11. The van der Waals surface area contributed by atoms with Gasteiger partial charge in [0, 0.05) is 38.6 Å². The Hall–Kier alpha value is -2.36. The smallest absolute Gasteiger partial charge is 0.191 e. The van der Waals surface area contributed by atoms with Crippen molar-refractivity contribution in [1.29, 1.82) is 0 Å². The Labute approximate surface area is 170 Å². The van der Waals surface area contributed by atoms with Crippen molar-refractivity contribution in [3.05, 3.63) is 71.8 Å². The fourth-order valence-corrected chi connectivity index (χ4v) is 2.51. The van der Waals surface area contributed by atoms with Crippen LogP contribution in [0.2, 0.25) is 0 Å². The zero-order valence-corrected chi connectivity index (χ0v) is 17.3. The largest absolute Gasteiger partial charge is 0.352 e. The molecule has 2 heterocycles. The third-order valence-electron chi connectivity index (χ3n) is 3.92. The zero-order chi connectivity index (χ0) is 17.5. The second-order valence-electron chi connectivity index (χ2n) is 5.76. The lowest BCUT2D eigenvalue weighted by Crippen LogP contribution is -2.36. The van der Waals surface area contributed by atoms with Gasteiger partial charge >= 0.3 is 0 Å². The molecule has 2 N–H and O–H groups in total. The summed E-state index contributed by atoms with van der Waals surface area (Å²) in [4.78, 5) is 4.24. The number of aryl methyl sites for hydroxylation is 1. The monoisotopic (exact) mass is 465 g/mol. The molecule has 7 nitrogen and oxygen atoms in total. The Morgan fingerprint density at radius 3 is 2.50 bits per heavy atom. The second-order valence-corrected chi connectivity index (χ2v) is 5.76. The Kier molecular flexibility index (Phi) is 7.64. The van der Waals surface area contributed by atoms with Crippen LogP contribution in [0.25, 0.3) is 0 Å². The van der Waals surface area contributed by atoms with Gasteiger partial charge in [-0.1, -0.05) is 30.3 Å². The van der Waals surface area contributed by atoms with Crippen LogP contribution in [0.3, 0.4) is 0 Å². The van der Waals surface area contributed by atoms with E-state index in [9.17, 15) is 0 Å². The molecule has 0 atom stereocenters. The van der Waals surface area contributed by atoms with E-state index in [-0.39, 0.29) is 24.0 Å². The minimum Gasteiger partial charge on any atom is -0.352 e. The van der Waals surface area contributed by atoms with Gasteiger partial charge in [0.15, 0.2) is 5.96 Å². The van der Waals surface area contributed by atoms with Crippen LogP contribution in [0.15, 0.2) is 60.0 Å². The summed E-state index contributed by atoms with van der Waals surface area (Å²) in [7, 11) is 3.69. The highest BCUT2D eigenvalue weighted by Gasteiger charge is 2.03. The van der Waals surface area contributed by atoms with Crippen LogP contribution in [0.5, 0.6) is 0 Å². The third kappa shape index (κ3) is 5.58. The molecule has 138 valence electrons. The standard InChI is InChI=1S/C18H23N7.HI/c1-19-18(21-12-17-8-9-22-24(17)2)20-10-16-11-23-25(14-16)13-15-6-4-3-5-7-15;/h3-9,11,14H,10,12-13H2,1-2H3,(H2,19,20,21);1H. The minimum absolute atomic E-state index is 0. The number of guanidine groups is 1. The van der Waals surface area contributed by atoms with E-state index >= 15 is 0 Å². The normalized spacial score (nSPS) is 11.1. The van der Waals surface area contributed by atoms with E-state index in [4.69, 9.17) is 0 Å². The van der Waals surface area contributed by atoms with Gasteiger partial charge in [-0.05, 0) is 11.6 Å². The van der Waals surface area contributed by atoms with Gasteiger partial charge in [0.1, 0.15) is 0 Å². The van der Waals surface area contributed by atoms with Gasteiger partial charge in [-0.3, -0.25) is 14.4 Å². The number of rotatable bonds is 6. The number of aliphatic imine (C=N–C) groups is 1. The highest BCUT2D eigenvalue weighted by molar-refractivity contribution is 14.0. The molecule has 0 aliphatic rings. The van der Waals surface area contributed by atoms with Crippen molar-refractivity contribution in [2.45, 2.75) is 19.6 Å². The maximum atomic E-state index is 4.42. The SMILES string of the molecule is CN=C(NCc1cnn(Cc2ccccc2)c1)NCc1ccnn1C.I. The number of benzene rings is 1. The number of hydrogen-bond acceptors (Lipinski definition) is 3. The quantitative estimate of drug-likeness (QED) is 0.333. The number of hydrogen-bond donors (Lipinski definition) is 2. The summed E-state index contributed by atoms with van der Waals surface area (Å²) in [6.45, 7) is 2.11. The van der Waals surface area contributed by atoms with Crippen molar-refractivity contribution in [2.24, 2.45) is 12.0 Å². The molecule has 3 aromatic rings. The van der Waals surface area contributed by atoms with Gasteiger partial charge in [0.25, 0.3) is 0 Å². The molecule has 0 bridgehead atoms. The van der Waals surface area contributed by atoms with Gasteiger partial charge < -0.3 is 10.6 Å². The van der Waals surface area contributed by atoms with Gasteiger partial charge in [0.05, 0.1) is 25.0 Å². The topological polar surface area (TPSA) is 72.1 Å². The molecule has 3 rings (SSSR count). The molecule has 26 heavy (non-hydrogen) atoms. The number of aromatic nitrogens is 4. The summed E-state index contributed by atoms with van der Waals surface area (Å²) in [6, 6.07) is 12.3. The van der Waals surface area contributed by atoms with Crippen LogP contribution in [0, 0.1) is 0 Å². The van der Waals surface area contributed by atoms with Crippen LogP contribution in [0.1, 0.15) is 16.8 Å². The Balaban J connectivity index is 0.00000243. The molecule has 0 fully saturated rings. The van der Waals surface area contributed by atoms with Crippen molar-refractivity contribution in [1.82, 2.24) is 30.2 Å². The average molecular weight is 465 g/mol. The lowest BCUT2D eigenvalue weighted by molar-refractivity contribution is 0.682. The fourth-order valence-electron chi connectivity index (χ4n) is 2.51. The van der Waals surface area contributed by atoms with Crippen LogP contribution >= 0.6 is 24.0 Å². The first-order chi connectivity index (χ1) is 12.2. The third-order valence-corrected chi connectivity index (χ3v) is 3.92. The number of nitrogens with zero attached hydrogens (tertiary/aromatic N) is 5. The van der Waals surface area contributed by atoms with E-state index in [0.29, 0.717) is 13.1 Å². The van der Waals surface area contributed by atoms with Crippen molar-refractivity contribution in [3.8, 4) is 0 Å². The first kappa shape index (κ1) is 20.0. The molecule has 1 aromatic carbocycles. The van der Waals surface area contributed by atoms with E-state index in [1.165, 1.54) is 5.56 Å². The van der Waals surface area contributed by atoms with E-state index in [2.05, 4.69) is 38.0 Å². The first-order valence-electron chi connectivity index (χ1n) is 8.21. The van der Waals surface area contributed by atoms with Crippen molar-refractivity contribution >= 4 is 29.9 Å². The van der Waals surface area contributed by atoms with Crippen molar-refractivity contribution < 1.29 is 0 Å². The summed E-state index contributed by atoms with van der Waals surface area (Å²) in [5.41, 5.74) is 3.44. The predicted octanol–water partition coefficient (Wildman–Crippen LogP) is 2.15. The Morgan fingerprint density at radius 1 is 1.04 bits per heavy atom. The molecule has 0 saturated carbocycles. The maximum Gasteiger partial charge on any atom is 0.191 e. The average Bonchev–Trinajstić information content (AvgIpc) is 3.25. The van der Waals surface area contributed by atoms with Gasteiger partial charge in [-0.2, -0.15) is 10.2 Å². The maximum absolute atomic E-state index is 4.42. The van der Waals surface area contributed by atoms with Gasteiger partial charge in [-0.15, -0.1) is 24.0 Å². The summed E-state index contributed by atoms with van der Waals surface area (Å²) in [5.74, 6) is 0.747. The van der Waals surface area contributed by atoms with Crippen molar-refractivity contribution in [2.75, 3.05) is 7.05 Å². The summed E-state index contributed by atoms with van der Waals surface area (Å²) in [6.07, 6.45) is 5.72. The highest BCUT2D eigenvalue weighted by Crippen LogP contribution is 2.04. The minimum atomic E-state index is 0. The Morgan fingerprint density at radius 2 is 1.81 bits per heavy atom.